The van der Waals surface area contributed by atoms with Gasteiger partial charge in [-0.05, 0) is 0 Å². The summed E-state index contributed by atoms with van der Waals surface area (Å²) in [5.74, 6) is 0.853. The monoisotopic (exact) mass is 243 g/mol. The molecule has 0 aliphatic rings. The van der Waals surface area contributed by atoms with Crippen molar-refractivity contribution in [1.29, 1.82) is 0 Å². The Hall–Kier alpha value is -2.28. The highest BCUT2D eigenvalue weighted by Gasteiger charge is 2.15. The molecule has 7 nitrogen and oxygen atoms in total. The maximum atomic E-state index is 6.20. The molecule has 0 fully saturated rings. The molecule has 1 atom stereocenters. The van der Waals surface area contributed by atoms with Gasteiger partial charge in [-0.25, -0.2) is 9.50 Å². The fourth-order valence-corrected chi connectivity index (χ4v) is 1.95. The number of fused-ring (bicyclic) bond motifs is 1. The topological polar surface area (TPSA) is 86.9 Å². The van der Waals surface area contributed by atoms with Crippen LogP contribution in [0.15, 0.2) is 31.1 Å². The number of hydrogen-bond acceptors (Lipinski definition) is 5. The Morgan fingerprint density at radius 2 is 2.22 bits per heavy atom. The largest absolute Gasteiger partial charge is 0.323 e. The number of rotatable bonds is 3. The predicted molar refractivity (Wildman–Crippen MR) is 64.6 cm³/mol. The Balaban J connectivity index is 1.93. The molecule has 3 heterocycles. The van der Waals surface area contributed by atoms with Crippen molar-refractivity contribution in [2.75, 3.05) is 0 Å². The molecule has 1 unspecified atom stereocenters. The molecule has 92 valence electrons. The predicted octanol–water partition coefficient (Wildman–Crippen LogP) is 0.100. The highest BCUT2D eigenvalue weighted by Crippen LogP contribution is 2.19. The molecule has 0 aliphatic heterocycles. The molecular formula is C11H13N7. The van der Waals surface area contributed by atoms with Crippen molar-refractivity contribution in [2.45, 2.75) is 12.5 Å². The molecule has 0 aliphatic carbocycles. The van der Waals surface area contributed by atoms with Crippen molar-refractivity contribution in [2.24, 2.45) is 12.8 Å². The molecule has 0 saturated heterocycles. The second-order valence-electron chi connectivity index (χ2n) is 4.12. The SMILES string of the molecule is Cn1ncnc1CC(N)c1cnn2ccncc12. The molecule has 3 aromatic heterocycles. The van der Waals surface area contributed by atoms with Crippen LogP contribution in [-0.4, -0.2) is 29.4 Å². The van der Waals surface area contributed by atoms with Crippen molar-refractivity contribution >= 4 is 5.52 Å². The molecular weight excluding hydrogens is 230 g/mol. The lowest BCUT2D eigenvalue weighted by molar-refractivity contribution is 0.632. The number of aryl methyl sites for hydroxylation is 1. The minimum Gasteiger partial charge on any atom is -0.323 e. The normalized spacial score (nSPS) is 13.0. The molecule has 0 spiro atoms. The Labute approximate surface area is 103 Å². The van der Waals surface area contributed by atoms with Gasteiger partial charge in [0.1, 0.15) is 12.2 Å². The highest BCUT2D eigenvalue weighted by molar-refractivity contribution is 5.53. The van der Waals surface area contributed by atoms with Crippen molar-refractivity contribution < 1.29 is 0 Å². The third kappa shape index (κ3) is 1.74. The maximum Gasteiger partial charge on any atom is 0.138 e. The first-order valence-electron chi connectivity index (χ1n) is 5.61. The summed E-state index contributed by atoms with van der Waals surface area (Å²) >= 11 is 0. The summed E-state index contributed by atoms with van der Waals surface area (Å²) in [4.78, 5) is 8.27. The van der Waals surface area contributed by atoms with Crippen LogP contribution >= 0.6 is 0 Å². The zero-order chi connectivity index (χ0) is 12.5. The zero-order valence-corrected chi connectivity index (χ0v) is 9.93. The summed E-state index contributed by atoms with van der Waals surface area (Å²) in [7, 11) is 1.85. The first kappa shape index (κ1) is 10.8. The summed E-state index contributed by atoms with van der Waals surface area (Å²) in [6, 6.07) is -0.172. The second-order valence-corrected chi connectivity index (χ2v) is 4.12. The van der Waals surface area contributed by atoms with Crippen LogP contribution in [-0.2, 0) is 13.5 Å². The molecule has 3 rings (SSSR count). The minimum absolute atomic E-state index is 0.172. The number of nitrogens with two attached hydrogens (primary N) is 1. The first-order valence-corrected chi connectivity index (χ1v) is 5.61. The second kappa shape index (κ2) is 4.19. The van der Waals surface area contributed by atoms with E-state index >= 15 is 0 Å². The van der Waals surface area contributed by atoms with Gasteiger partial charge in [0.15, 0.2) is 0 Å². The van der Waals surface area contributed by atoms with Crippen LogP contribution in [0, 0.1) is 0 Å². The number of hydrogen-bond donors (Lipinski definition) is 1. The van der Waals surface area contributed by atoms with Gasteiger partial charge in [-0.2, -0.15) is 10.2 Å². The zero-order valence-electron chi connectivity index (χ0n) is 9.93. The van der Waals surface area contributed by atoms with Gasteiger partial charge < -0.3 is 5.73 Å². The molecule has 0 saturated carbocycles. The molecule has 7 heteroatoms. The molecule has 2 N–H and O–H groups in total. The quantitative estimate of drug-likeness (QED) is 0.705. The fourth-order valence-electron chi connectivity index (χ4n) is 1.95. The van der Waals surface area contributed by atoms with Gasteiger partial charge in [0, 0.05) is 37.5 Å². The van der Waals surface area contributed by atoms with E-state index in [1.807, 2.05) is 7.05 Å². The Morgan fingerprint density at radius 1 is 1.33 bits per heavy atom. The third-order valence-corrected chi connectivity index (χ3v) is 2.96. The maximum absolute atomic E-state index is 6.20. The molecule has 0 aromatic carbocycles. The van der Waals surface area contributed by atoms with E-state index in [2.05, 4.69) is 20.2 Å². The summed E-state index contributed by atoms with van der Waals surface area (Å²) < 4.78 is 3.49. The molecule has 0 bridgehead atoms. The van der Waals surface area contributed by atoms with Gasteiger partial charge in [-0.15, -0.1) is 0 Å². The standard InChI is InChI=1S/C11H13N7/c1-17-11(14-7-16-17)4-9(12)8-5-15-18-3-2-13-6-10(8)18/h2-3,5-7,9H,4,12H2,1H3. The van der Waals surface area contributed by atoms with Crippen LogP contribution in [0.25, 0.3) is 5.52 Å². The Bertz CT molecular complexity index is 669. The summed E-state index contributed by atoms with van der Waals surface area (Å²) in [5, 5.41) is 8.28. The van der Waals surface area contributed by atoms with E-state index < -0.39 is 0 Å². The molecule has 0 amide bonds. The van der Waals surface area contributed by atoms with Gasteiger partial charge in [0.05, 0.1) is 17.9 Å². The van der Waals surface area contributed by atoms with E-state index in [0.29, 0.717) is 6.42 Å². The van der Waals surface area contributed by atoms with E-state index in [1.165, 1.54) is 6.33 Å². The Morgan fingerprint density at radius 3 is 3.00 bits per heavy atom. The van der Waals surface area contributed by atoms with E-state index in [0.717, 1.165) is 16.9 Å². The van der Waals surface area contributed by atoms with Gasteiger partial charge in [-0.1, -0.05) is 0 Å². The molecule has 0 radical (unpaired) electrons. The average Bonchev–Trinajstić information content (AvgIpc) is 2.96. The summed E-state index contributed by atoms with van der Waals surface area (Å²) in [6.45, 7) is 0. The van der Waals surface area contributed by atoms with Crippen LogP contribution in [0.5, 0.6) is 0 Å². The highest BCUT2D eigenvalue weighted by atomic mass is 15.3. The van der Waals surface area contributed by atoms with Gasteiger partial charge in [0.25, 0.3) is 0 Å². The molecule has 3 aromatic rings. The lowest BCUT2D eigenvalue weighted by Crippen LogP contribution is -2.16. The van der Waals surface area contributed by atoms with Crippen molar-refractivity contribution in [3.63, 3.8) is 0 Å². The van der Waals surface area contributed by atoms with Gasteiger partial charge in [0.2, 0.25) is 0 Å². The van der Waals surface area contributed by atoms with E-state index in [-0.39, 0.29) is 6.04 Å². The van der Waals surface area contributed by atoms with Crippen molar-refractivity contribution in [3.8, 4) is 0 Å². The smallest absolute Gasteiger partial charge is 0.138 e. The Kier molecular flexibility index (Phi) is 2.52. The lowest BCUT2D eigenvalue weighted by atomic mass is 10.1. The van der Waals surface area contributed by atoms with Crippen molar-refractivity contribution in [1.82, 2.24) is 29.4 Å². The van der Waals surface area contributed by atoms with Crippen LogP contribution in [0.1, 0.15) is 17.4 Å². The van der Waals surface area contributed by atoms with E-state index in [1.54, 1.807) is 34.0 Å². The van der Waals surface area contributed by atoms with Gasteiger partial charge >= 0.3 is 0 Å². The fraction of sp³-hybridized carbons (Fsp3) is 0.273. The van der Waals surface area contributed by atoms with Crippen LogP contribution in [0.4, 0.5) is 0 Å². The van der Waals surface area contributed by atoms with Crippen LogP contribution in [0.3, 0.4) is 0 Å². The minimum atomic E-state index is -0.172. The number of aromatic nitrogens is 6. The summed E-state index contributed by atoms with van der Waals surface area (Å²) in [5.41, 5.74) is 8.09. The third-order valence-electron chi connectivity index (χ3n) is 2.96. The van der Waals surface area contributed by atoms with Gasteiger partial charge in [-0.3, -0.25) is 9.67 Å². The van der Waals surface area contributed by atoms with Crippen LogP contribution < -0.4 is 5.73 Å². The average molecular weight is 243 g/mol. The van der Waals surface area contributed by atoms with Crippen LogP contribution in [0.2, 0.25) is 0 Å². The van der Waals surface area contributed by atoms with E-state index in [9.17, 15) is 0 Å². The lowest BCUT2D eigenvalue weighted by Gasteiger charge is -2.09. The first-order chi connectivity index (χ1) is 8.75. The number of nitrogens with zero attached hydrogens (tertiary/aromatic N) is 6. The molecule has 18 heavy (non-hydrogen) atoms. The van der Waals surface area contributed by atoms with E-state index in [4.69, 9.17) is 5.73 Å². The summed E-state index contributed by atoms with van der Waals surface area (Å²) in [6.07, 6.45) is 9.18. The van der Waals surface area contributed by atoms with Crippen molar-refractivity contribution in [3.05, 3.63) is 42.5 Å².